The van der Waals surface area contributed by atoms with Gasteiger partial charge in [0.25, 0.3) is 0 Å². The summed E-state index contributed by atoms with van der Waals surface area (Å²) in [7, 11) is 1.55. The maximum Gasteiger partial charge on any atom is 0.235 e. The number of aryl methyl sites for hydroxylation is 1. The lowest BCUT2D eigenvalue weighted by Crippen LogP contribution is -2.08. The minimum Gasteiger partial charge on any atom is -0.733 e. The van der Waals surface area contributed by atoms with Gasteiger partial charge in [-0.25, -0.2) is 0 Å². The van der Waals surface area contributed by atoms with Gasteiger partial charge in [-0.3, -0.25) is 10.0 Å². The summed E-state index contributed by atoms with van der Waals surface area (Å²) in [5.41, 5.74) is 1.01. The van der Waals surface area contributed by atoms with Gasteiger partial charge in [-0.15, -0.1) is 0 Å². The van der Waals surface area contributed by atoms with E-state index in [2.05, 4.69) is 0 Å². The van der Waals surface area contributed by atoms with Crippen molar-refractivity contribution in [2.75, 3.05) is 12.3 Å². The Morgan fingerprint density at radius 3 is 2.47 bits per heavy atom. The second-order valence-corrected chi connectivity index (χ2v) is 6.98. The molecule has 0 saturated carbocycles. The zero-order valence-corrected chi connectivity index (χ0v) is 17.4. The van der Waals surface area contributed by atoms with E-state index in [9.17, 15) is 10.0 Å². The lowest BCUT2D eigenvalue weighted by Gasteiger charge is -2.21. The quantitative estimate of drug-likeness (QED) is 0.397. The van der Waals surface area contributed by atoms with Gasteiger partial charge in [0.2, 0.25) is 11.2 Å². The van der Waals surface area contributed by atoms with Gasteiger partial charge in [0.1, 0.15) is 35.2 Å². The number of hydrogen-bond donors (Lipinski definition) is 1. The minimum atomic E-state index is -0.292. The molecule has 8 nitrogen and oxygen atoms in total. The van der Waals surface area contributed by atoms with Crippen LogP contribution < -0.4 is 24.9 Å². The standard InChI is InChI=1S/C24H20NO7/c1-15-24(32-20-5-3-4-18(12-20)29-2)23(26)21-11-10-19(13-22(21)31-15)30-14-16-6-8-17(9-7-16)25(27)28/h3-13,27H,14H2,1-2H3/q-1. The van der Waals surface area contributed by atoms with Crippen molar-refractivity contribution in [3.05, 3.63) is 93.5 Å². The molecule has 0 aliphatic heterocycles. The average molecular weight is 434 g/mol. The summed E-state index contributed by atoms with van der Waals surface area (Å²) in [5.74, 6) is 2.04. The zero-order valence-electron chi connectivity index (χ0n) is 17.4. The van der Waals surface area contributed by atoms with E-state index in [1.54, 1.807) is 68.6 Å². The Hall–Kier alpha value is -4.01. The van der Waals surface area contributed by atoms with E-state index in [0.29, 0.717) is 34.0 Å². The van der Waals surface area contributed by atoms with Gasteiger partial charge in [-0.05, 0) is 48.9 Å². The van der Waals surface area contributed by atoms with Crippen molar-refractivity contribution in [1.82, 2.24) is 0 Å². The van der Waals surface area contributed by atoms with E-state index in [0.717, 1.165) is 5.56 Å². The first-order chi connectivity index (χ1) is 15.4. The van der Waals surface area contributed by atoms with Crippen LogP contribution in [0.25, 0.3) is 11.0 Å². The van der Waals surface area contributed by atoms with Gasteiger partial charge < -0.3 is 29.1 Å². The predicted molar refractivity (Wildman–Crippen MR) is 119 cm³/mol. The topological polar surface area (TPSA) is 104 Å². The first-order valence-corrected chi connectivity index (χ1v) is 9.72. The number of rotatable bonds is 7. The maximum atomic E-state index is 13.0. The van der Waals surface area contributed by atoms with Crippen LogP contribution in [0.1, 0.15) is 11.3 Å². The summed E-state index contributed by atoms with van der Waals surface area (Å²) in [6.45, 7) is 1.89. The molecule has 4 rings (SSSR count). The minimum absolute atomic E-state index is 0.107. The Bertz CT molecular complexity index is 1300. The molecule has 0 fully saturated rings. The number of hydrogen-bond acceptors (Lipinski definition) is 8. The molecule has 1 N–H and O–H groups in total. The van der Waals surface area contributed by atoms with E-state index in [1.807, 2.05) is 0 Å². The Morgan fingerprint density at radius 1 is 1.00 bits per heavy atom. The van der Waals surface area contributed by atoms with Crippen LogP contribution >= 0.6 is 0 Å². The summed E-state index contributed by atoms with van der Waals surface area (Å²) < 4.78 is 22.6. The summed E-state index contributed by atoms with van der Waals surface area (Å²) in [6, 6.07) is 18.2. The van der Waals surface area contributed by atoms with E-state index in [4.69, 9.17) is 23.8 Å². The maximum absolute atomic E-state index is 13.0. The molecule has 0 aliphatic carbocycles. The molecule has 0 spiro atoms. The number of ether oxygens (including phenoxy) is 3. The van der Waals surface area contributed by atoms with Gasteiger partial charge in [-0.1, -0.05) is 18.2 Å². The lowest BCUT2D eigenvalue weighted by molar-refractivity contribution is 0.295. The molecule has 0 bridgehead atoms. The number of methoxy groups -OCH3 is 1. The van der Waals surface area contributed by atoms with Crippen molar-refractivity contribution in [2.45, 2.75) is 13.5 Å². The highest BCUT2D eigenvalue weighted by Crippen LogP contribution is 2.29. The first kappa shape index (κ1) is 21.2. The third kappa shape index (κ3) is 4.51. The fourth-order valence-corrected chi connectivity index (χ4v) is 3.15. The molecule has 3 aromatic carbocycles. The predicted octanol–water partition coefficient (Wildman–Crippen LogP) is 5.17. The molecule has 8 heteroatoms. The van der Waals surface area contributed by atoms with E-state index in [-0.39, 0.29) is 28.7 Å². The summed E-state index contributed by atoms with van der Waals surface area (Å²) in [6.07, 6.45) is 0. The molecule has 0 radical (unpaired) electrons. The van der Waals surface area contributed by atoms with Crippen LogP contribution in [-0.2, 0) is 6.61 Å². The molecular formula is C24H20NO7-. The molecule has 0 amide bonds. The Labute approximate surface area is 183 Å². The molecule has 0 atom stereocenters. The van der Waals surface area contributed by atoms with Crippen LogP contribution in [-0.4, -0.2) is 12.3 Å². The molecule has 0 saturated heterocycles. The van der Waals surface area contributed by atoms with Crippen molar-refractivity contribution in [3.8, 4) is 23.0 Å². The van der Waals surface area contributed by atoms with Crippen LogP contribution in [0.15, 0.2) is 75.9 Å². The van der Waals surface area contributed by atoms with E-state index < -0.39 is 0 Å². The van der Waals surface area contributed by atoms with Crippen LogP contribution in [0, 0.1) is 12.1 Å². The van der Waals surface area contributed by atoms with Crippen LogP contribution in [0.4, 0.5) is 5.69 Å². The number of benzene rings is 3. The second-order valence-electron chi connectivity index (χ2n) is 6.98. The molecule has 1 aromatic heterocycles. The molecule has 164 valence electrons. The van der Waals surface area contributed by atoms with Crippen LogP contribution in [0.3, 0.4) is 0 Å². The van der Waals surface area contributed by atoms with Crippen molar-refractivity contribution in [3.63, 3.8) is 0 Å². The fourth-order valence-electron chi connectivity index (χ4n) is 3.15. The van der Waals surface area contributed by atoms with Crippen molar-refractivity contribution >= 4 is 16.7 Å². The second kappa shape index (κ2) is 9.01. The normalized spacial score (nSPS) is 10.8. The number of nitrogens with zero attached hydrogens (tertiary/aromatic N) is 1. The lowest BCUT2D eigenvalue weighted by atomic mass is 10.2. The zero-order chi connectivity index (χ0) is 22.7. The molecular weight excluding hydrogens is 414 g/mol. The van der Waals surface area contributed by atoms with Crippen molar-refractivity contribution in [2.24, 2.45) is 0 Å². The van der Waals surface area contributed by atoms with Gasteiger partial charge in [0, 0.05) is 12.1 Å². The van der Waals surface area contributed by atoms with Gasteiger partial charge in [0.15, 0.2) is 0 Å². The highest BCUT2D eigenvalue weighted by molar-refractivity contribution is 5.79. The summed E-state index contributed by atoms with van der Waals surface area (Å²) >= 11 is 0. The SMILES string of the molecule is COc1cccc(Oc2c(C)oc3cc(OCc4ccc(N([O-])O)cc4)ccc3c2=O)c1. The Balaban J connectivity index is 1.55. The third-order valence-electron chi connectivity index (χ3n) is 4.81. The first-order valence-electron chi connectivity index (χ1n) is 9.72. The smallest absolute Gasteiger partial charge is 0.235 e. The van der Waals surface area contributed by atoms with Crippen LogP contribution in [0.5, 0.6) is 23.0 Å². The highest BCUT2D eigenvalue weighted by Gasteiger charge is 2.15. The van der Waals surface area contributed by atoms with Gasteiger partial charge >= 0.3 is 0 Å². The summed E-state index contributed by atoms with van der Waals surface area (Å²) in [4.78, 5) is 13.0. The van der Waals surface area contributed by atoms with Crippen molar-refractivity contribution < 1.29 is 23.8 Å². The number of anilines is 1. The Morgan fingerprint density at radius 2 is 1.75 bits per heavy atom. The monoisotopic (exact) mass is 434 g/mol. The number of fused-ring (bicyclic) bond motifs is 1. The van der Waals surface area contributed by atoms with Gasteiger partial charge in [-0.2, -0.15) is 0 Å². The van der Waals surface area contributed by atoms with E-state index >= 15 is 0 Å². The van der Waals surface area contributed by atoms with Crippen LogP contribution in [0.2, 0.25) is 0 Å². The molecule has 32 heavy (non-hydrogen) atoms. The largest absolute Gasteiger partial charge is 0.733 e. The summed E-state index contributed by atoms with van der Waals surface area (Å²) in [5, 5.41) is 19.9. The molecule has 1 heterocycles. The molecule has 4 aromatic rings. The average Bonchev–Trinajstić information content (AvgIpc) is 2.80. The van der Waals surface area contributed by atoms with E-state index in [1.165, 1.54) is 12.1 Å². The molecule has 0 unspecified atom stereocenters. The Kier molecular flexibility index (Phi) is 5.98. The van der Waals surface area contributed by atoms with Crippen molar-refractivity contribution in [1.29, 1.82) is 0 Å². The molecule has 0 aliphatic rings. The fraction of sp³-hybridized carbons (Fsp3) is 0.125. The highest BCUT2D eigenvalue weighted by atomic mass is 16.8. The van der Waals surface area contributed by atoms with Gasteiger partial charge in [0.05, 0.1) is 18.2 Å². The third-order valence-corrected chi connectivity index (χ3v) is 4.81.